The van der Waals surface area contributed by atoms with E-state index >= 15 is 0 Å². The number of nitrogens with zero attached hydrogens (tertiary/aromatic N) is 3. The third-order valence-electron chi connectivity index (χ3n) is 3.81. The van der Waals surface area contributed by atoms with Gasteiger partial charge in [-0.25, -0.2) is 4.98 Å². The number of benzene rings is 2. The molecule has 0 amide bonds. The molecule has 0 saturated heterocycles. The summed E-state index contributed by atoms with van der Waals surface area (Å²) in [6, 6.07) is 11.4. The van der Waals surface area contributed by atoms with E-state index in [-0.39, 0.29) is 5.50 Å². The van der Waals surface area contributed by atoms with Crippen LogP contribution in [0.1, 0.15) is 11.3 Å². The number of nitrogens with one attached hydrogen (secondary N) is 1. The molecule has 0 saturated carbocycles. The Bertz CT molecular complexity index is 1030. The predicted octanol–water partition coefficient (Wildman–Crippen LogP) is 5.80. The molecule has 1 aliphatic heterocycles. The number of rotatable bonds is 3. The molecule has 26 heavy (non-hydrogen) atoms. The molecule has 0 radical (unpaired) electrons. The van der Waals surface area contributed by atoms with Crippen LogP contribution >= 0.6 is 35.0 Å². The van der Waals surface area contributed by atoms with E-state index in [0.29, 0.717) is 15.7 Å². The number of aliphatic imine (C=N–C) groups is 1. The van der Waals surface area contributed by atoms with Gasteiger partial charge in [-0.05, 0) is 42.8 Å². The lowest BCUT2D eigenvalue weighted by Gasteiger charge is -2.13. The van der Waals surface area contributed by atoms with Gasteiger partial charge in [-0.1, -0.05) is 47.1 Å². The van der Waals surface area contributed by atoms with Crippen molar-refractivity contribution in [3.8, 4) is 0 Å². The van der Waals surface area contributed by atoms with Crippen LogP contribution < -0.4 is 5.32 Å². The maximum absolute atomic E-state index is 6.21. The van der Waals surface area contributed by atoms with Crippen molar-refractivity contribution in [1.82, 2.24) is 9.97 Å². The van der Waals surface area contributed by atoms with Gasteiger partial charge in [0.2, 0.25) is 0 Å². The van der Waals surface area contributed by atoms with Crippen molar-refractivity contribution < 1.29 is 0 Å². The topological polar surface area (TPSA) is 50.2 Å². The van der Waals surface area contributed by atoms with Crippen molar-refractivity contribution in [2.75, 3.05) is 5.32 Å². The fraction of sp³-hybridized carbons (Fsp3) is 0.105. The van der Waals surface area contributed by atoms with E-state index in [2.05, 4.69) is 26.4 Å². The Labute approximate surface area is 165 Å². The van der Waals surface area contributed by atoms with Crippen molar-refractivity contribution in [1.29, 1.82) is 0 Å². The third-order valence-corrected chi connectivity index (χ3v) is 5.40. The summed E-state index contributed by atoms with van der Waals surface area (Å²) in [5, 5.41) is 4.42. The Morgan fingerprint density at radius 1 is 1.12 bits per heavy atom. The number of aryl methyl sites for hydroxylation is 1. The first kappa shape index (κ1) is 17.3. The molecule has 2 aromatic carbocycles. The number of aromatic nitrogens is 2. The smallest absolute Gasteiger partial charge is 0.171 e. The predicted molar refractivity (Wildman–Crippen MR) is 112 cm³/mol. The Hall–Kier alpha value is -2.08. The molecule has 1 atom stereocenters. The molecule has 0 fully saturated rings. The summed E-state index contributed by atoms with van der Waals surface area (Å²) in [5.74, 6) is 0. The summed E-state index contributed by atoms with van der Waals surface area (Å²) < 4.78 is 0. The molecule has 1 aromatic heterocycles. The van der Waals surface area contributed by atoms with Gasteiger partial charge in [0.1, 0.15) is 0 Å². The van der Waals surface area contributed by atoms with Gasteiger partial charge < -0.3 is 5.32 Å². The Kier molecular flexibility index (Phi) is 4.85. The van der Waals surface area contributed by atoms with Gasteiger partial charge in [-0.15, -0.1) is 0 Å². The van der Waals surface area contributed by atoms with Gasteiger partial charge >= 0.3 is 0 Å². The van der Waals surface area contributed by atoms with E-state index < -0.39 is 0 Å². The second-order valence-electron chi connectivity index (χ2n) is 5.80. The zero-order valence-corrected chi connectivity index (χ0v) is 16.1. The lowest BCUT2D eigenvalue weighted by molar-refractivity contribution is 1.08. The summed E-state index contributed by atoms with van der Waals surface area (Å²) in [4.78, 5) is 14.4. The van der Waals surface area contributed by atoms with Crippen molar-refractivity contribution in [3.63, 3.8) is 0 Å². The highest BCUT2D eigenvalue weighted by atomic mass is 35.5. The van der Waals surface area contributed by atoms with Crippen molar-refractivity contribution in [2.24, 2.45) is 4.99 Å². The highest BCUT2D eigenvalue weighted by Gasteiger charge is 2.18. The largest absolute Gasteiger partial charge is 0.353 e. The normalized spacial score (nSPS) is 18.0. The standard InChI is InChI=1S/C19H14Cl2N4S/c1-11-9-22-16-6-5-12(8-17(16)24-11)7-13-10-23-19(26-13)25-18-14(20)3-2-4-15(18)21/h2-10,19,25H,1H3/b13-7-. The molecular formula is C19H14Cl2N4S. The van der Waals surface area contributed by atoms with Gasteiger partial charge in [-0.2, -0.15) is 0 Å². The molecule has 2 heterocycles. The van der Waals surface area contributed by atoms with Gasteiger partial charge in [0.05, 0.1) is 32.5 Å². The number of halogens is 2. The van der Waals surface area contributed by atoms with Crippen LogP contribution in [0.4, 0.5) is 5.69 Å². The van der Waals surface area contributed by atoms with Crippen LogP contribution in [0.15, 0.2) is 52.5 Å². The van der Waals surface area contributed by atoms with E-state index in [9.17, 15) is 0 Å². The highest BCUT2D eigenvalue weighted by molar-refractivity contribution is 8.05. The molecule has 1 unspecified atom stereocenters. The average Bonchev–Trinajstić information content (AvgIpc) is 3.05. The lowest BCUT2D eigenvalue weighted by Crippen LogP contribution is -2.10. The molecule has 1 N–H and O–H groups in total. The van der Waals surface area contributed by atoms with Crippen LogP contribution in [-0.4, -0.2) is 21.7 Å². The minimum absolute atomic E-state index is 0.166. The molecule has 4 nitrogen and oxygen atoms in total. The molecule has 0 bridgehead atoms. The minimum atomic E-state index is -0.166. The molecule has 130 valence electrons. The maximum Gasteiger partial charge on any atom is 0.171 e. The number of anilines is 1. The van der Waals surface area contributed by atoms with Crippen molar-refractivity contribution in [2.45, 2.75) is 12.4 Å². The molecule has 1 aliphatic rings. The number of para-hydroxylation sites is 1. The third kappa shape index (κ3) is 3.70. The molecule has 7 heteroatoms. The van der Waals surface area contributed by atoms with E-state index in [1.807, 2.05) is 37.4 Å². The zero-order valence-electron chi connectivity index (χ0n) is 13.8. The van der Waals surface area contributed by atoms with E-state index in [1.54, 1.807) is 30.1 Å². The second kappa shape index (κ2) is 7.27. The summed E-state index contributed by atoms with van der Waals surface area (Å²) >= 11 is 14.0. The highest BCUT2D eigenvalue weighted by Crippen LogP contribution is 2.35. The average molecular weight is 401 g/mol. The SMILES string of the molecule is Cc1cnc2ccc(/C=C3/C=NC(Nc4c(Cl)cccc4Cl)S3)cc2n1. The Morgan fingerprint density at radius 2 is 1.92 bits per heavy atom. The van der Waals surface area contributed by atoms with Crippen LogP contribution in [0, 0.1) is 6.92 Å². The van der Waals surface area contributed by atoms with Crippen molar-refractivity contribution >= 4 is 64.0 Å². The summed E-state index contributed by atoms with van der Waals surface area (Å²) in [5.41, 5.74) is 4.27. The van der Waals surface area contributed by atoms with Crippen LogP contribution in [0.2, 0.25) is 10.0 Å². The van der Waals surface area contributed by atoms with E-state index in [4.69, 9.17) is 23.2 Å². The minimum Gasteiger partial charge on any atom is -0.353 e. The first-order valence-electron chi connectivity index (χ1n) is 7.94. The summed E-state index contributed by atoms with van der Waals surface area (Å²) in [6.45, 7) is 1.94. The lowest BCUT2D eigenvalue weighted by atomic mass is 10.2. The quantitative estimate of drug-likeness (QED) is 0.603. The second-order valence-corrected chi connectivity index (χ2v) is 7.76. The van der Waals surface area contributed by atoms with Crippen molar-refractivity contribution in [3.05, 3.63) is 68.8 Å². The summed E-state index contributed by atoms with van der Waals surface area (Å²) in [7, 11) is 0. The van der Waals surface area contributed by atoms with Crippen LogP contribution in [0.5, 0.6) is 0 Å². The first-order valence-corrected chi connectivity index (χ1v) is 9.57. The maximum atomic E-state index is 6.21. The monoisotopic (exact) mass is 400 g/mol. The van der Waals surface area contributed by atoms with Crippen LogP contribution in [0.25, 0.3) is 17.1 Å². The Balaban J connectivity index is 1.53. The molecule has 3 aromatic rings. The molecule has 0 aliphatic carbocycles. The van der Waals surface area contributed by atoms with Gasteiger partial charge in [-0.3, -0.25) is 9.98 Å². The number of thioether (sulfide) groups is 1. The van der Waals surface area contributed by atoms with E-state index in [1.165, 1.54) is 0 Å². The molecule has 4 rings (SSSR count). The summed E-state index contributed by atoms with van der Waals surface area (Å²) in [6.07, 6.45) is 5.70. The fourth-order valence-electron chi connectivity index (χ4n) is 2.60. The Morgan fingerprint density at radius 3 is 2.73 bits per heavy atom. The van der Waals surface area contributed by atoms with Gasteiger partial charge in [0, 0.05) is 17.3 Å². The number of fused-ring (bicyclic) bond motifs is 1. The number of allylic oxidation sites excluding steroid dienone is 1. The van der Waals surface area contributed by atoms with Gasteiger partial charge in [0.25, 0.3) is 0 Å². The fourth-order valence-corrected chi connectivity index (χ4v) is 3.99. The zero-order chi connectivity index (χ0) is 18.1. The first-order chi connectivity index (χ1) is 12.6. The van der Waals surface area contributed by atoms with E-state index in [0.717, 1.165) is 27.2 Å². The molecule has 0 spiro atoms. The number of hydrogen-bond donors (Lipinski definition) is 1. The van der Waals surface area contributed by atoms with Crippen LogP contribution in [-0.2, 0) is 0 Å². The molecular weight excluding hydrogens is 387 g/mol. The van der Waals surface area contributed by atoms with Gasteiger partial charge in [0.15, 0.2) is 5.50 Å². The van der Waals surface area contributed by atoms with Crippen LogP contribution in [0.3, 0.4) is 0 Å². The number of hydrogen-bond acceptors (Lipinski definition) is 5.